The Morgan fingerprint density at radius 3 is 2.78 bits per heavy atom. The summed E-state index contributed by atoms with van der Waals surface area (Å²) in [6, 6.07) is 10.2. The van der Waals surface area contributed by atoms with Gasteiger partial charge < -0.3 is 14.7 Å². The number of amides is 2. The van der Waals surface area contributed by atoms with E-state index in [2.05, 4.69) is 15.5 Å². The van der Waals surface area contributed by atoms with Gasteiger partial charge in [0.2, 0.25) is 17.7 Å². The first kappa shape index (κ1) is 17.7. The zero-order valence-corrected chi connectivity index (χ0v) is 15.3. The first-order valence-electron chi connectivity index (χ1n) is 9.61. The summed E-state index contributed by atoms with van der Waals surface area (Å²) in [5.74, 6) is 0.668. The van der Waals surface area contributed by atoms with E-state index in [-0.39, 0.29) is 24.3 Å². The number of nitrogens with one attached hydrogen (secondary N) is 1. The predicted molar refractivity (Wildman–Crippen MR) is 97.5 cm³/mol. The molecule has 1 N–H and O–H groups in total. The van der Waals surface area contributed by atoms with Crippen LogP contribution in [0.25, 0.3) is 0 Å². The molecule has 1 atom stereocenters. The molecule has 7 heteroatoms. The average molecular weight is 368 g/mol. The van der Waals surface area contributed by atoms with Crippen molar-refractivity contribution in [3.05, 3.63) is 47.6 Å². The molecular weight excluding hydrogens is 344 g/mol. The summed E-state index contributed by atoms with van der Waals surface area (Å²) in [7, 11) is 0. The lowest BCUT2D eigenvalue weighted by Gasteiger charge is -2.23. The van der Waals surface area contributed by atoms with Crippen molar-refractivity contribution < 1.29 is 14.1 Å². The van der Waals surface area contributed by atoms with Gasteiger partial charge in [-0.2, -0.15) is 4.98 Å². The smallest absolute Gasteiger partial charge is 0.246 e. The molecule has 1 aromatic carbocycles. The molecule has 4 rings (SSSR count). The van der Waals surface area contributed by atoms with E-state index in [4.69, 9.17) is 4.52 Å². The topological polar surface area (TPSA) is 88.3 Å². The summed E-state index contributed by atoms with van der Waals surface area (Å²) < 4.78 is 5.22. The first-order valence-corrected chi connectivity index (χ1v) is 9.61. The molecule has 2 aromatic rings. The number of carbonyl (C=O) groups excluding carboxylic acids is 2. The molecular formula is C20H24N4O3. The zero-order valence-electron chi connectivity index (χ0n) is 15.3. The Kier molecular flexibility index (Phi) is 5.18. The van der Waals surface area contributed by atoms with E-state index >= 15 is 0 Å². The standard InChI is InChI=1S/C20H24N4O3/c25-19-11-15(13-24(19)16-8-4-5-9-16)20(26)21-12-18-22-17(23-27-18)10-14-6-2-1-3-7-14/h1-3,6-7,15-16H,4-5,8-13H2,(H,21,26)/t15-/m0/s1. The molecule has 1 aliphatic heterocycles. The summed E-state index contributed by atoms with van der Waals surface area (Å²) in [5, 5.41) is 6.80. The van der Waals surface area contributed by atoms with E-state index in [1.165, 1.54) is 12.8 Å². The number of hydrogen-bond acceptors (Lipinski definition) is 5. The molecule has 2 fully saturated rings. The third-order valence-electron chi connectivity index (χ3n) is 5.42. The minimum absolute atomic E-state index is 0.102. The maximum Gasteiger partial charge on any atom is 0.246 e. The number of nitrogens with zero attached hydrogens (tertiary/aromatic N) is 3. The molecule has 0 unspecified atom stereocenters. The molecule has 2 aliphatic rings. The molecule has 2 amide bonds. The summed E-state index contributed by atoms with van der Waals surface area (Å²) in [6.07, 6.45) is 5.36. The Hall–Kier alpha value is -2.70. The second kappa shape index (κ2) is 7.90. The molecule has 1 saturated carbocycles. The molecule has 1 saturated heterocycles. The fourth-order valence-electron chi connectivity index (χ4n) is 4.00. The second-order valence-electron chi connectivity index (χ2n) is 7.37. The highest BCUT2D eigenvalue weighted by atomic mass is 16.5. The van der Waals surface area contributed by atoms with Crippen LogP contribution in [0.15, 0.2) is 34.9 Å². The second-order valence-corrected chi connectivity index (χ2v) is 7.37. The average Bonchev–Trinajstić information content (AvgIpc) is 3.41. The monoisotopic (exact) mass is 368 g/mol. The minimum atomic E-state index is -0.287. The van der Waals surface area contributed by atoms with Crippen LogP contribution in [0.5, 0.6) is 0 Å². The highest BCUT2D eigenvalue weighted by Crippen LogP contribution is 2.29. The Bertz CT molecular complexity index is 799. The maximum atomic E-state index is 12.4. The lowest BCUT2D eigenvalue weighted by Crippen LogP contribution is -2.36. The third kappa shape index (κ3) is 4.18. The van der Waals surface area contributed by atoms with Crippen LogP contribution in [-0.2, 0) is 22.6 Å². The van der Waals surface area contributed by atoms with Gasteiger partial charge in [-0.15, -0.1) is 0 Å². The Balaban J connectivity index is 1.28. The van der Waals surface area contributed by atoms with Crippen LogP contribution in [-0.4, -0.2) is 39.4 Å². The molecule has 142 valence electrons. The van der Waals surface area contributed by atoms with Crippen molar-refractivity contribution in [3.8, 4) is 0 Å². The molecule has 2 heterocycles. The van der Waals surface area contributed by atoms with Crippen molar-refractivity contribution in [1.82, 2.24) is 20.4 Å². The van der Waals surface area contributed by atoms with Gasteiger partial charge in [0.15, 0.2) is 5.82 Å². The van der Waals surface area contributed by atoms with Gasteiger partial charge in [-0.05, 0) is 18.4 Å². The van der Waals surface area contributed by atoms with E-state index in [1.807, 2.05) is 35.2 Å². The SMILES string of the molecule is O=C(NCc1nc(Cc2ccccc2)no1)[C@H]1CC(=O)N(C2CCCC2)C1. The third-order valence-corrected chi connectivity index (χ3v) is 5.42. The zero-order chi connectivity index (χ0) is 18.6. The predicted octanol–water partition coefficient (Wildman–Crippen LogP) is 2.07. The van der Waals surface area contributed by atoms with Gasteiger partial charge in [0.05, 0.1) is 12.5 Å². The lowest BCUT2D eigenvalue weighted by molar-refractivity contribution is -0.130. The van der Waals surface area contributed by atoms with Crippen molar-refractivity contribution in [3.63, 3.8) is 0 Å². The van der Waals surface area contributed by atoms with Crippen LogP contribution >= 0.6 is 0 Å². The lowest BCUT2D eigenvalue weighted by atomic mass is 10.1. The van der Waals surface area contributed by atoms with E-state index < -0.39 is 0 Å². The molecule has 7 nitrogen and oxygen atoms in total. The van der Waals surface area contributed by atoms with Crippen molar-refractivity contribution in [2.24, 2.45) is 5.92 Å². The number of aromatic nitrogens is 2. The van der Waals surface area contributed by atoms with Gasteiger partial charge in [-0.25, -0.2) is 0 Å². The summed E-state index contributed by atoms with van der Waals surface area (Å²) >= 11 is 0. The summed E-state index contributed by atoms with van der Waals surface area (Å²) in [4.78, 5) is 30.9. The van der Waals surface area contributed by atoms with Crippen LogP contribution in [0, 0.1) is 5.92 Å². The van der Waals surface area contributed by atoms with Gasteiger partial charge in [0.25, 0.3) is 0 Å². The fourth-order valence-corrected chi connectivity index (χ4v) is 4.00. The number of likely N-dealkylation sites (tertiary alicyclic amines) is 1. The highest BCUT2D eigenvalue weighted by molar-refractivity contribution is 5.89. The molecule has 1 aliphatic carbocycles. The van der Waals surface area contributed by atoms with Crippen LogP contribution in [0.4, 0.5) is 0 Å². The Morgan fingerprint density at radius 2 is 2.00 bits per heavy atom. The van der Waals surface area contributed by atoms with Gasteiger partial charge in [-0.1, -0.05) is 48.3 Å². The van der Waals surface area contributed by atoms with E-state index in [9.17, 15) is 9.59 Å². The van der Waals surface area contributed by atoms with Crippen molar-refractivity contribution >= 4 is 11.8 Å². The largest absolute Gasteiger partial charge is 0.347 e. The number of hydrogen-bond donors (Lipinski definition) is 1. The molecule has 27 heavy (non-hydrogen) atoms. The summed E-state index contributed by atoms with van der Waals surface area (Å²) in [5.41, 5.74) is 1.10. The van der Waals surface area contributed by atoms with Crippen LogP contribution < -0.4 is 5.32 Å². The van der Waals surface area contributed by atoms with Crippen molar-refractivity contribution in [2.45, 2.75) is 51.1 Å². The highest BCUT2D eigenvalue weighted by Gasteiger charge is 2.38. The number of carbonyl (C=O) groups is 2. The maximum absolute atomic E-state index is 12.4. The minimum Gasteiger partial charge on any atom is -0.347 e. The molecule has 0 radical (unpaired) electrons. The van der Waals surface area contributed by atoms with Gasteiger partial charge in [0, 0.05) is 25.4 Å². The van der Waals surface area contributed by atoms with Crippen molar-refractivity contribution in [1.29, 1.82) is 0 Å². The van der Waals surface area contributed by atoms with Gasteiger partial charge in [0.1, 0.15) is 0 Å². The van der Waals surface area contributed by atoms with E-state index in [1.54, 1.807) is 0 Å². The normalized spacial score (nSPS) is 20.4. The summed E-state index contributed by atoms with van der Waals surface area (Å²) in [6.45, 7) is 0.715. The van der Waals surface area contributed by atoms with Crippen molar-refractivity contribution in [2.75, 3.05) is 6.54 Å². The molecule has 0 bridgehead atoms. The van der Waals surface area contributed by atoms with E-state index in [0.717, 1.165) is 18.4 Å². The van der Waals surface area contributed by atoms with E-state index in [0.29, 0.717) is 37.1 Å². The fraction of sp³-hybridized carbons (Fsp3) is 0.500. The van der Waals surface area contributed by atoms with Crippen LogP contribution in [0.2, 0.25) is 0 Å². The Morgan fingerprint density at radius 1 is 1.22 bits per heavy atom. The number of rotatable bonds is 6. The molecule has 1 aromatic heterocycles. The van der Waals surface area contributed by atoms with Crippen LogP contribution in [0.3, 0.4) is 0 Å². The van der Waals surface area contributed by atoms with Gasteiger partial charge in [-0.3, -0.25) is 9.59 Å². The van der Waals surface area contributed by atoms with Gasteiger partial charge >= 0.3 is 0 Å². The Labute approximate surface area is 158 Å². The quantitative estimate of drug-likeness (QED) is 0.843. The molecule has 0 spiro atoms. The van der Waals surface area contributed by atoms with Crippen LogP contribution in [0.1, 0.15) is 49.4 Å². The number of benzene rings is 1. The first-order chi connectivity index (χ1) is 13.2.